The van der Waals surface area contributed by atoms with Gasteiger partial charge in [-0.05, 0) is 78.7 Å². The van der Waals surface area contributed by atoms with Gasteiger partial charge < -0.3 is 9.73 Å². The minimum atomic E-state index is -0.336. The van der Waals surface area contributed by atoms with E-state index in [0.717, 1.165) is 23.1 Å². The van der Waals surface area contributed by atoms with Crippen molar-refractivity contribution in [1.29, 1.82) is 0 Å². The lowest BCUT2D eigenvalue weighted by Gasteiger charge is -2.10. The number of hydrogen-bond acceptors (Lipinski definition) is 4. The molecule has 1 heterocycles. The van der Waals surface area contributed by atoms with E-state index in [1.54, 1.807) is 24.3 Å². The number of amides is 1. The Bertz CT molecular complexity index is 1300. The summed E-state index contributed by atoms with van der Waals surface area (Å²) in [5, 5.41) is 6.36. The zero-order valence-corrected chi connectivity index (χ0v) is 19.3. The maximum absolute atomic E-state index is 12.4. The van der Waals surface area contributed by atoms with Crippen LogP contribution in [0.1, 0.15) is 42.1 Å². The monoisotopic (exact) mass is 463 g/mol. The fraction of sp³-hybridized carbons (Fsp3) is 0.160. The quantitative estimate of drug-likeness (QED) is 0.319. The van der Waals surface area contributed by atoms with Crippen molar-refractivity contribution in [3.05, 3.63) is 82.9 Å². The number of rotatable bonds is 5. The van der Waals surface area contributed by atoms with Gasteiger partial charge in [-0.2, -0.15) is 0 Å². The Morgan fingerprint density at radius 2 is 1.94 bits per heavy atom. The number of carbonyl (C=O) groups excluding carboxylic acids is 1. The number of fused-ring (bicyclic) bond motifs is 1. The highest BCUT2D eigenvalue weighted by molar-refractivity contribution is 7.80. The molecule has 2 N–H and O–H groups in total. The number of benzene rings is 3. The van der Waals surface area contributed by atoms with E-state index in [2.05, 4.69) is 41.6 Å². The standard InChI is InChI=1S/C25H22ClN3O2S/c1-3-15(2)16-10-11-22-21(14-16)28-24(31-22)18-7-5-9-20(13-18)27-25(32)29-23(30)17-6-4-8-19(26)12-17/h4-15H,3H2,1-2H3,(H2,27,29,30,32)/t15-/m0/s1. The minimum absolute atomic E-state index is 0.183. The van der Waals surface area contributed by atoms with E-state index >= 15 is 0 Å². The molecule has 162 valence electrons. The van der Waals surface area contributed by atoms with Crippen LogP contribution in [0.5, 0.6) is 0 Å². The summed E-state index contributed by atoms with van der Waals surface area (Å²) in [7, 11) is 0. The van der Waals surface area contributed by atoms with Gasteiger partial charge in [-0.3, -0.25) is 10.1 Å². The van der Waals surface area contributed by atoms with Crippen LogP contribution in [0.15, 0.2) is 71.1 Å². The van der Waals surface area contributed by atoms with Crippen LogP contribution in [-0.4, -0.2) is 16.0 Å². The molecule has 0 bridgehead atoms. The second-order valence-corrected chi connectivity index (χ2v) is 8.40. The molecule has 0 aliphatic carbocycles. The van der Waals surface area contributed by atoms with Crippen molar-refractivity contribution in [1.82, 2.24) is 10.3 Å². The van der Waals surface area contributed by atoms with Gasteiger partial charge in [0.1, 0.15) is 5.52 Å². The van der Waals surface area contributed by atoms with Crippen LogP contribution in [-0.2, 0) is 0 Å². The predicted molar refractivity (Wildman–Crippen MR) is 133 cm³/mol. The van der Waals surface area contributed by atoms with Crippen molar-refractivity contribution >= 4 is 51.6 Å². The van der Waals surface area contributed by atoms with Gasteiger partial charge in [-0.15, -0.1) is 0 Å². The van der Waals surface area contributed by atoms with E-state index in [0.29, 0.717) is 28.1 Å². The number of halogens is 1. The van der Waals surface area contributed by atoms with Gasteiger partial charge in [0.2, 0.25) is 5.89 Å². The van der Waals surface area contributed by atoms with Crippen molar-refractivity contribution < 1.29 is 9.21 Å². The summed E-state index contributed by atoms with van der Waals surface area (Å²) in [4.78, 5) is 17.0. The molecule has 3 aromatic carbocycles. The third-order valence-electron chi connectivity index (χ3n) is 5.27. The Morgan fingerprint density at radius 3 is 2.72 bits per heavy atom. The molecule has 1 aromatic heterocycles. The van der Waals surface area contributed by atoms with Gasteiger partial charge in [0, 0.05) is 21.8 Å². The Balaban J connectivity index is 1.49. The van der Waals surface area contributed by atoms with Crippen molar-refractivity contribution in [3.63, 3.8) is 0 Å². The summed E-state index contributed by atoms with van der Waals surface area (Å²) in [6.45, 7) is 4.37. The molecule has 0 saturated carbocycles. The first-order valence-electron chi connectivity index (χ1n) is 10.3. The summed E-state index contributed by atoms with van der Waals surface area (Å²) >= 11 is 11.2. The SMILES string of the molecule is CC[C@H](C)c1ccc2oc(-c3cccc(NC(=S)NC(=O)c4cccc(Cl)c4)c3)nc2c1. The molecule has 5 nitrogen and oxygen atoms in total. The third-order valence-corrected chi connectivity index (χ3v) is 5.71. The lowest BCUT2D eigenvalue weighted by Crippen LogP contribution is -2.34. The van der Waals surface area contributed by atoms with Gasteiger partial charge in [0.25, 0.3) is 5.91 Å². The largest absolute Gasteiger partial charge is 0.436 e. The van der Waals surface area contributed by atoms with Gasteiger partial charge >= 0.3 is 0 Å². The van der Waals surface area contributed by atoms with Crippen LogP contribution in [0.4, 0.5) is 5.69 Å². The topological polar surface area (TPSA) is 67.2 Å². The Morgan fingerprint density at radius 1 is 1.12 bits per heavy atom. The fourth-order valence-electron chi connectivity index (χ4n) is 3.31. The number of thiocarbonyl (C=S) groups is 1. The molecule has 0 radical (unpaired) electrons. The van der Waals surface area contributed by atoms with Crippen LogP contribution in [0.3, 0.4) is 0 Å². The normalized spacial score (nSPS) is 11.8. The number of hydrogen-bond donors (Lipinski definition) is 2. The van der Waals surface area contributed by atoms with Crippen LogP contribution in [0.25, 0.3) is 22.6 Å². The molecule has 4 aromatic rings. The highest BCUT2D eigenvalue weighted by Crippen LogP contribution is 2.29. The van der Waals surface area contributed by atoms with E-state index in [9.17, 15) is 4.79 Å². The van der Waals surface area contributed by atoms with Crippen LogP contribution in [0, 0.1) is 0 Å². The average molecular weight is 464 g/mol. The number of nitrogens with zero attached hydrogens (tertiary/aromatic N) is 1. The second kappa shape index (κ2) is 9.51. The van der Waals surface area contributed by atoms with Crippen LogP contribution < -0.4 is 10.6 Å². The first-order chi connectivity index (χ1) is 15.4. The summed E-state index contributed by atoms with van der Waals surface area (Å²) < 4.78 is 5.96. The molecule has 0 unspecified atom stereocenters. The molecule has 0 saturated heterocycles. The van der Waals surface area contributed by atoms with Gasteiger partial charge in [-0.1, -0.05) is 43.6 Å². The summed E-state index contributed by atoms with van der Waals surface area (Å²) in [6.07, 6.45) is 1.07. The van der Waals surface area contributed by atoms with Crippen LogP contribution >= 0.6 is 23.8 Å². The third kappa shape index (κ3) is 4.98. The highest BCUT2D eigenvalue weighted by Gasteiger charge is 2.13. The van der Waals surface area contributed by atoms with Gasteiger partial charge in [0.15, 0.2) is 10.7 Å². The number of oxazole rings is 1. The van der Waals surface area contributed by atoms with E-state index in [1.165, 1.54) is 5.56 Å². The molecule has 0 fully saturated rings. The maximum Gasteiger partial charge on any atom is 0.257 e. The van der Waals surface area contributed by atoms with Crippen molar-refractivity contribution in [2.75, 3.05) is 5.32 Å². The van der Waals surface area contributed by atoms with Crippen molar-refractivity contribution in [2.24, 2.45) is 0 Å². The molecule has 1 amide bonds. The fourth-order valence-corrected chi connectivity index (χ4v) is 3.71. The molecule has 7 heteroatoms. The average Bonchev–Trinajstić information content (AvgIpc) is 3.22. The zero-order valence-electron chi connectivity index (χ0n) is 17.7. The molecule has 1 atom stereocenters. The number of aromatic nitrogens is 1. The zero-order chi connectivity index (χ0) is 22.7. The number of carbonyl (C=O) groups is 1. The molecular formula is C25H22ClN3O2S. The minimum Gasteiger partial charge on any atom is -0.436 e. The van der Waals surface area contributed by atoms with Crippen molar-refractivity contribution in [2.45, 2.75) is 26.2 Å². The molecule has 0 spiro atoms. The van der Waals surface area contributed by atoms with Gasteiger partial charge in [-0.25, -0.2) is 4.98 Å². The number of anilines is 1. The van der Waals surface area contributed by atoms with E-state index in [1.807, 2.05) is 30.3 Å². The maximum atomic E-state index is 12.4. The Kier molecular flexibility index (Phi) is 6.53. The second-order valence-electron chi connectivity index (χ2n) is 7.55. The van der Waals surface area contributed by atoms with Crippen LogP contribution in [0.2, 0.25) is 5.02 Å². The summed E-state index contributed by atoms with van der Waals surface area (Å²) in [6, 6.07) is 20.3. The van der Waals surface area contributed by atoms with E-state index in [-0.39, 0.29) is 11.0 Å². The van der Waals surface area contributed by atoms with Gasteiger partial charge in [0.05, 0.1) is 0 Å². The van der Waals surface area contributed by atoms with Crippen molar-refractivity contribution in [3.8, 4) is 11.5 Å². The number of nitrogens with one attached hydrogen (secondary N) is 2. The summed E-state index contributed by atoms with van der Waals surface area (Å²) in [5.74, 6) is 0.659. The Hall–Kier alpha value is -3.22. The molecule has 0 aliphatic heterocycles. The lowest BCUT2D eigenvalue weighted by atomic mass is 9.98. The first kappa shape index (κ1) is 22.0. The first-order valence-corrected chi connectivity index (χ1v) is 11.1. The van der Waals surface area contributed by atoms with E-state index < -0.39 is 0 Å². The Labute approximate surface area is 196 Å². The smallest absolute Gasteiger partial charge is 0.257 e. The van der Waals surface area contributed by atoms with E-state index in [4.69, 9.17) is 28.2 Å². The summed E-state index contributed by atoms with van der Waals surface area (Å²) in [5.41, 5.74) is 4.77. The molecule has 4 rings (SSSR count). The predicted octanol–water partition coefficient (Wildman–Crippen LogP) is 6.79. The molecule has 0 aliphatic rings. The lowest BCUT2D eigenvalue weighted by molar-refractivity contribution is 0.0977. The molecular weight excluding hydrogens is 442 g/mol. The molecule has 32 heavy (non-hydrogen) atoms. The highest BCUT2D eigenvalue weighted by atomic mass is 35.5.